The van der Waals surface area contributed by atoms with Crippen molar-refractivity contribution in [2.24, 2.45) is 0 Å². The first-order valence-electron chi connectivity index (χ1n) is 9.18. The quantitative estimate of drug-likeness (QED) is 0.756. The van der Waals surface area contributed by atoms with Gasteiger partial charge in [-0.15, -0.1) is 0 Å². The lowest BCUT2D eigenvalue weighted by molar-refractivity contribution is -0.132. The Morgan fingerprint density at radius 1 is 0.931 bits per heavy atom. The Kier molecular flexibility index (Phi) is 6.01. The second-order valence-electron chi connectivity index (χ2n) is 6.63. The van der Waals surface area contributed by atoms with Crippen molar-refractivity contribution in [3.05, 3.63) is 42.0 Å². The number of amides is 3. The summed E-state index contributed by atoms with van der Waals surface area (Å²) in [7, 11) is 2.99. The summed E-state index contributed by atoms with van der Waals surface area (Å²) in [5, 5.41) is 5.10. The van der Waals surface area contributed by atoms with Crippen LogP contribution in [0.2, 0.25) is 0 Å². The fraction of sp³-hybridized carbons (Fsp3) is 0.286. The number of benzene rings is 2. The van der Waals surface area contributed by atoms with Gasteiger partial charge in [0, 0.05) is 36.1 Å². The minimum Gasteiger partial charge on any atom is -0.493 e. The fourth-order valence-electron chi connectivity index (χ4n) is 3.17. The molecule has 2 aromatic rings. The van der Waals surface area contributed by atoms with E-state index < -0.39 is 11.8 Å². The molecular weight excluding hydrogens is 374 g/mol. The molecule has 0 aromatic heterocycles. The van der Waals surface area contributed by atoms with Gasteiger partial charge >= 0.3 is 11.8 Å². The first kappa shape index (κ1) is 20.2. The van der Waals surface area contributed by atoms with Crippen molar-refractivity contribution >= 4 is 34.8 Å². The zero-order chi connectivity index (χ0) is 21.0. The summed E-state index contributed by atoms with van der Waals surface area (Å²) in [5.41, 5.74) is 2.51. The Labute approximate surface area is 168 Å². The lowest BCUT2D eigenvalue weighted by atomic mass is 10.1. The van der Waals surface area contributed by atoms with Crippen LogP contribution in [0.25, 0.3) is 0 Å². The van der Waals surface area contributed by atoms with Crippen molar-refractivity contribution in [2.45, 2.75) is 19.8 Å². The topological polar surface area (TPSA) is 97.0 Å². The second-order valence-corrected chi connectivity index (χ2v) is 6.63. The molecule has 3 rings (SSSR count). The number of anilines is 3. The Balaban J connectivity index is 1.70. The molecular formula is C21H23N3O5. The molecule has 29 heavy (non-hydrogen) atoms. The summed E-state index contributed by atoms with van der Waals surface area (Å²) >= 11 is 0. The fourth-order valence-corrected chi connectivity index (χ4v) is 3.17. The molecule has 1 aliphatic rings. The lowest BCUT2D eigenvalue weighted by Crippen LogP contribution is -2.29. The third-order valence-electron chi connectivity index (χ3n) is 4.68. The summed E-state index contributed by atoms with van der Waals surface area (Å²) in [6.45, 7) is 2.55. The van der Waals surface area contributed by atoms with Crippen molar-refractivity contribution in [3.8, 4) is 11.5 Å². The van der Waals surface area contributed by atoms with Crippen LogP contribution < -0.4 is 25.0 Å². The highest BCUT2D eigenvalue weighted by Crippen LogP contribution is 2.30. The molecule has 3 amide bonds. The Morgan fingerprint density at radius 3 is 2.14 bits per heavy atom. The van der Waals surface area contributed by atoms with Crippen LogP contribution in [0, 0.1) is 6.92 Å². The normalized spacial score (nSPS) is 13.2. The predicted molar refractivity (Wildman–Crippen MR) is 110 cm³/mol. The number of nitrogens with one attached hydrogen (secondary N) is 2. The first-order valence-corrected chi connectivity index (χ1v) is 9.18. The van der Waals surface area contributed by atoms with E-state index >= 15 is 0 Å². The van der Waals surface area contributed by atoms with E-state index in [9.17, 15) is 14.4 Å². The molecule has 2 N–H and O–H groups in total. The van der Waals surface area contributed by atoms with Crippen LogP contribution in [0.3, 0.4) is 0 Å². The van der Waals surface area contributed by atoms with E-state index in [0.29, 0.717) is 35.8 Å². The average molecular weight is 397 g/mol. The molecule has 8 heteroatoms. The minimum absolute atomic E-state index is 0.0581. The summed E-state index contributed by atoms with van der Waals surface area (Å²) in [6, 6.07) is 10.0. The number of ether oxygens (including phenoxy) is 2. The standard InChI is InChI=1S/C21H23N3O5/c1-13-6-7-14(11-16(13)24-10-4-5-19(24)25)22-20(26)21(27)23-15-8-9-17(28-2)18(12-15)29-3/h6-9,11-12H,4-5,10H2,1-3H3,(H,22,26)(H,23,27). The highest BCUT2D eigenvalue weighted by molar-refractivity contribution is 6.43. The van der Waals surface area contributed by atoms with E-state index in [1.54, 1.807) is 35.2 Å². The molecule has 0 saturated carbocycles. The molecule has 0 atom stereocenters. The van der Waals surface area contributed by atoms with E-state index in [-0.39, 0.29) is 5.91 Å². The summed E-state index contributed by atoms with van der Waals surface area (Å²) in [4.78, 5) is 38.3. The molecule has 1 fully saturated rings. The number of hydrogen-bond donors (Lipinski definition) is 2. The molecule has 0 unspecified atom stereocenters. The Hall–Kier alpha value is -3.55. The van der Waals surface area contributed by atoms with Crippen LogP contribution in [-0.2, 0) is 14.4 Å². The van der Waals surface area contributed by atoms with Gasteiger partial charge in [0.15, 0.2) is 11.5 Å². The third-order valence-corrected chi connectivity index (χ3v) is 4.68. The van der Waals surface area contributed by atoms with Gasteiger partial charge in [0.25, 0.3) is 0 Å². The van der Waals surface area contributed by atoms with Gasteiger partial charge in [-0.1, -0.05) is 6.07 Å². The number of carbonyl (C=O) groups is 3. The third kappa shape index (κ3) is 4.48. The van der Waals surface area contributed by atoms with Crippen LogP contribution in [0.15, 0.2) is 36.4 Å². The van der Waals surface area contributed by atoms with Crippen LogP contribution >= 0.6 is 0 Å². The zero-order valence-corrected chi connectivity index (χ0v) is 16.6. The molecule has 1 saturated heterocycles. The largest absolute Gasteiger partial charge is 0.493 e. The van der Waals surface area contributed by atoms with Crippen LogP contribution in [0.1, 0.15) is 18.4 Å². The van der Waals surface area contributed by atoms with Crippen molar-refractivity contribution in [1.82, 2.24) is 0 Å². The van der Waals surface area contributed by atoms with Gasteiger partial charge in [0.05, 0.1) is 14.2 Å². The highest BCUT2D eigenvalue weighted by atomic mass is 16.5. The predicted octanol–water partition coefficient (Wildman–Crippen LogP) is 2.72. The van der Waals surface area contributed by atoms with Crippen molar-refractivity contribution < 1.29 is 23.9 Å². The monoisotopic (exact) mass is 397 g/mol. The maximum Gasteiger partial charge on any atom is 0.314 e. The van der Waals surface area contributed by atoms with Crippen molar-refractivity contribution in [3.63, 3.8) is 0 Å². The molecule has 8 nitrogen and oxygen atoms in total. The van der Waals surface area contributed by atoms with Gasteiger partial charge in [-0.05, 0) is 43.2 Å². The Bertz CT molecular complexity index is 957. The summed E-state index contributed by atoms with van der Waals surface area (Å²) in [6.07, 6.45) is 1.33. The molecule has 0 spiro atoms. The zero-order valence-electron chi connectivity index (χ0n) is 16.6. The van der Waals surface area contributed by atoms with E-state index in [2.05, 4.69) is 10.6 Å². The molecule has 152 valence electrons. The smallest absolute Gasteiger partial charge is 0.314 e. The van der Waals surface area contributed by atoms with Crippen molar-refractivity contribution in [2.75, 3.05) is 36.3 Å². The summed E-state index contributed by atoms with van der Waals surface area (Å²) < 4.78 is 10.3. The van der Waals surface area contributed by atoms with Crippen LogP contribution in [0.4, 0.5) is 17.1 Å². The van der Waals surface area contributed by atoms with Crippen LogP contribution in [0.5, 0.6) is 11.5 Å². The van der Waals surface area contributed by atoms with E-state index in [1.807, 2.05) is 13.0 Å². The molecule has 1 aliphatic heterocycles. The number of hydrogen-bond acceptors (Lipinski definition) is 5. The van der Waals surface area contributed by atoms with Gasteiger partial charge in [-0.3, -0.25) is 14.4 Å². The van der Waals surface area contributed by atoms with Gasteiger partial charge in [-0.2, -0.15) is 0 Å². The van der Waals surface area contributed by atoms with Gasteiger partial charge in [0.1, 0.15) is 0 Å². The van der Waals surface area contributed by atoms with Gasteiger partial charge in [0.2, 0.25) is 5.91 Å². The minimum atomic E-state index is -0.823. The Morgan fingerprint density at radius 2 is 1.55 bits per heavy atom. The molecule has 0 radical (unpaired) electrons. The number of methoxy groups -OCH3 is 2. The lowest BCUT2D eigenvalue weighted by Gasteiger charge is -2.19. The maximum atomic E-state index is 12.3. The van der Waals surface area contributed by atoms with E-state index in [4.69, 9.17) is 9.47 Å². The van der Waals surface area contributed by atoms with Crippen LogP contribution in [-0.4, -0.2) is 38.5 Å². The van der Waals surface area contributed by atoms with Gasteiger partial charge in [-0.25, -0.2) is 0 Å². The molecule has 2 aromatic carbocycles. The molecule has 0 aliphatic carbocycles. The summed E-state index contributed by atoms with van der Waals surface area (Å²) in [5.74, 6) is -0.635. The maximum absolute atomic E-state index is 12.3. The van der Waals surface area contributed by atoms with E-state index in [1.165, 1.54) is 14.2 Å². The molecule has 0 bridgehead atoms. The van der Waals surface area contributed by atoms with Crippen molar-refractivity contribution in [1.29, 1.82) is 0 Å². The van der Waals surface area contributed by atoms with E-state index in [0.717, 1.165) is 17.7 Å². The van der Waals surface area contributed by atoms with Gasteiger partial charge < -0.3 is 25.0 Å². The number of carbonyl (C=O) groups excluding carboxylic acids is 3. The number of aryl methyl sites for hydroxylation is 1. The highest BCUT2D eigenvalue weighted by Gasteiger charge is 2.24. The molecule has 1 heterocycles. The second kappa shape index (κ2) is 8.64. The number of nitrogens with zero attached hydrogens (tertiary/aromatic N) is 1. The SMILES string of the molecule is COc1ccc(NC(=O)C(=O)Nc2ccc(C)c(N3CCCC3=O)c2)cc1OC. The first-order chi connectivity index (χ1) is 13.9. The average Bonchev–Trinajstić information content (AvgIpc) is 3.14. The number of rotatable bonds is 5.